The van der Waals surface area contributed by atoms with Crippen LogP contribution in [0.15, 0.2) is 0 Å². The van der Waals surface area contributed by atoms with Crippen LogP contribution in [-0.4, -0.2) is 23.2 Å². The van der Waals surface area contributed by atoms with Crippen LogP contribution >= 0.6 is 0 Å². The Bertz CT molecular complexity index is 178. The van der Waals surface area contributed by atoms with Crippen molar-refractivity contribution < 1.29 is 9.90 Å². The van der Waals surface area contributed by atoms with Crippen molar-refractivity contribution in [1.82, 2.24) is 5.32 Å². The lowest BCUT2D eigenvalue weighted by Crippen LogP contribution is -2.38. The number of hydrogen-bond acceptors (Lipinski definition) is 2. The van der Waals surface area contributed by atoms with E-state index in [-0.39, 0.29) is 6.04 Å². The highest BCUT2D eigenvalue weighted by Gasteiger charge is 2.31. The van der Waals surface area contributed by atoms with E-state index in [1.807, 2.05) is 0 Å². The summed E-state index contributed by atoms with van der Waals surface area (Å²) < 4.78 is 0. The van der Waals surface area contributed by atoms with Crippen LogP contribution in [0.3, 0.4) is 0 Å². The molecule has 3 nitrogen and oxygen atoms in total. The van der Waals surface area contributed by atoms with Crippen molar-refractivity contribution in [3.8, 4) is 0 Å². The van der Waals surface area contributed by atoms with Gasteiger partial charge in [-0.3, -0.25) is 4.79 Å². The molecule has 0 amide bonds. The van der Waals surface area contributed by atoms with Crippen molar-refractivity contribution >= 4 is 5.97 Å². The highest BCUT2D eigenvalue weighted by atomic mass is 16.4. The number of aliphatic carboxylic acids is 1. The van der Waals surface area contributed by atoms with Crippen LogP contribution in [-0.2, 0) is 4.79 Å². The van der Waals surface area contributed by atoms with E-state index in [1.165, 1.54) is 0 Å². The van der Waals surface area contributed by atoms with Gasteiger partial charge >= 0.3 is 5.97 Å². The third kappa shape index (κ3) is 2.44. The zero-order valence-electron chi connectivity index (χ0n) is 8.42. The van der Waals surface area contributed by atoms with Crippen LogP contribution in [0.2, 0.25) is 0 Å². The fourth-order valence-electron chi connectivity index (χ4n) is 2.20. The molecule has 2 N–H and O–H groups in total. The summed E-state index contributed by atoms with van der Waals surface area (Å²) in [5.74, 6) is -0.0576. The molecule has 0 aromatic heterocycles. The summed E-state index contributed by atoms with van der Waals surface area (Å²) in [6.07, 6.45) is 4.08. The van der Waals surface area contributed by atoms with Gasteiger partial charge in [0.15, 0.2) is 0 Å². The van der Waals surface area contributed by atoms with E-state index >= 15 is 0 Å². The van der Waals surface area contributed by atoms with Gasteiger partial charge in [-0.05, 0) is 18.8 Å². The predicted octanol–water partition coefficient (Wildman–Crippen LogP) is 1.63. The molecule has 0 bridgehead atoms. The second kappa shape index (κ2) is 4.61. The molecule has 1 aliphatic rings. The van der Waals surface area contributed by atoms with Gasteiger partial charge in [-0.1, -0.05) is 26.7 Å². The Morgan fingerprint density at radius 1 is 1.46 bits per heavy atom. The fraction of sp³-hybridized carbons (Fsp3) is 0.900. The Hall–Kier alpha value is -0.570. The summed E-state index contributed by atoms with van der Waals surface area (Å²) in [4.78, 5) is 10.7. The molecule has 0 spiro atoms. The lowest BCUT2D eigenvalue weighted by atomic mass is 9.93. The minimum atomic E-state index is -0.701. The van der Waals surface area contributed by atoms with Crippen molar-refractivity contribution in [3.63, 3.8) is 0 Å². The molecule has 3 heteroatoms. The van der Waals surface area contributed by atoms with E-state index in [0.717, 1.165) is 25.7 Å². The normalized spacial score (nSPS) is 28.2. The Balaban J connectivity index is 2.43. The number of rotatable bonds is 4. The Kier molecular flexibility index (Phi) is 3.72. The Labute approximate surface area is 79.5 Å². The van der Waals surface area contributed by atoms with Crippen LogP contribution in [0.5, 0.6) is 0 Å². The maximum absolute atomic E-state index is 10.7. The van der Waals surface area contributed by atoms with Crippen molar-refractivity contribution in [3.05, 3.63) is 0 Å². The van der Waals surface area contributed by atoms with Crippen LogP contribution in [0.4, 0.5) is 0 Å². The monoisotopic (exact) mass is 185 g/mol. The van der Waals surface area contributed by atoms with Crippen LogP contribution in [0, 0.1) is 5.92 Å². The SMILES string of the molecule is CCC(CC)C1CCC(C(=O)O)N1. The molecular formula is C10H19NO2. The van der Waals surface area contributed by atoms with Gasteiger partial charge in [0.05, 0.1) is 0 Å². The highest BCUT2D eigenvalue weighted by molar-refractivity contribution is 5.73. The molecule has 2 atom stereocenters. The summed E-state index contributed by atoms with van der Waals surface area (Å²) in [6, 6.07) is 0.127. The maximum Gasteiger partial charge on any atom is 0.320 e. The van der Waals surface area contributed by atoms with Gasteiger partial charge in [0.2, 0.25) is 0 Å². The molecule has 1 saturated heterocycles. The van der Waals surface area contributed by atoms with Crippen molar-refractivity contribution in [2.24, 2.45) is 5.92 Å². The third-order valence-electron chi connectivity index (χ3n) is 3.10. The molecule has 1 aliphatic heterocycles. The summed E-state index contributed by atoms with van der Waals surface area (Å²) in [5.41, 5.74) is 0. The van der Waals surface area contributed by atoms with Gasteiger partial charge < -0.3 is 10.4 Å². The van der Waals surface area contributed by atoms with E-state index in [9.17, 15) is 4.79 Å². The second-order valence-corrected chi connectivity index (χ2v) is 3.82. The van der Waals surface area contributed by atoms with Gasteiger partial charge in [0.1, 0.15) is 6.04 Å². The van der Waals surface area contributed by atoms with Crippen molar-refractivity contribution in [1.29, 1.82) is 0 Å². The van der Waals surface area contributed by atoms with Gasteiger partial charge in [0.25, 0.3) is 0 Å². The van der Waals surface area contributed by atoms with Crippen molar-refractivity contribution in [2.45, 2.75) is 51.6 Å². The maximum atomic E-state index is 10.7. The predicted molar refractivity (Wildman–Crippen MR) is 51.7 cm³/mol. The topological polar surface area (TPSA) is 49.3 Å². The molecule has 0 saturated carbocycles. The van der Waals surface area contributed by atoms with E-state index in [4.69, 9.17) is 5.11 Å². The zero-order valence-corrected chi connectivity index (χ0v) is 8.42. The number of carboxylic acid groups (broad SMARTS) is 1. The standard InChI is InChI=1S/C10H19NO2/c1-3-7(4-2)8-5-6-9(11-8)10(12)13/h7-9,11H,3-6H2,1-2H3,(H,12,13). The molecule has 0 aromatic rings. The quantitative estimate of drug-likeness (QED) is 0.700. The Morgan fingerprint density at radius 2 is 2.08 bits per heavy atom. The molecule has 1 fully saturated rings. The van der Waals surface area contributed by atoms with Gasteiger partial charge in [0, 0.05) is 6.04 Å². The smallest absolute Gasteiger partial charge is 0.320 e. The average Bonchev–Trinajstić information content (AvgIpc) is 2.56. The van der Waals surface area contributed by atoms with Crippen molar-refractivity contribution in [2.75, 3.05) is 0 Å². The first-order chi connectivity index (χ1) is 6.19. The number of carbonyl (C=O) groups is 1. The lowest BCUT2D eigenvalue weighted by molar-refractivity contribution is -0.139. The summed E-state index contributed by atoms with van der Waals surface area (Å²) in [6.45, 7) is 4.34. The summed E-state index contributed by atoms with van der Waals surface area (Å²) in [5, 5.41) is 12.0. The van der Waals surface area contributed by atoms with Crippen LogP contribution < -0.4 is 5.32 Å². The first kappa shape index (κ1) is 10.5. The van der Waals surface area contributed by atoms with Crippen LogP contribution in [0.25, 0.3) is 0 Å². The summed E-state index contributed by atoms with van der Waals surface area (Å²) >= 11 is 0. The molecule has 1 rings (SSSR count). The first-order valence-electron chi connectivity index (χ1n) is 5.17. The fourth-order valence-corrected chi connectivity index (χ4v) is 2.20. The van der Waals surface area contributed by atoms with E-state index in [0.29, 0.717) is 12.0 Å². The molecule has 76 valence electrons. The number of nitrogens with one attached hydrogen (secondary N) is 1. The molecule has 2 unspecified atom stereocenters. The van der Waals surface area contributed by atoms with E-state index in [1.54, 1.807) is 0 Å². The average molecular weight is 185 g/mol. The van der Waals surface area contributed by atoms with Crippen LogP contribution in [0.1, 0.15) is 39.5 Å². The molecule has 0 radical (unpaired) electrons. The zero-order chi connectivity index (χ0) is 9.84. The van der Waals surface area contributed by atoms with Gasteiger partial charge in [-0.25, -0.2) is 0 Å². The highest BCUT2D eigenvalue weighted by Crippen LogP contribution is 2.23. The molecular weight excluding hydrogens is 166 g/mol. The third-order valence-corrected chi connectivity index (χ3v) is 3.10. The summed E-state index contributed by atoms with van der Waals surface area (Å²) in [7, 11) is 0. The van der Waals surface area contributed by atoms with Gasteiger partial charge in [-0.15, -0.1) is 0 Å². The minimum absolute atomic E-state index is 0.300. The molecule has 0 aliphatic carbocycles. The molecule has 13 heavy (non-hydrogen) atoms. The number of carboxylic acids is 1. The first-order valence-corrected chi connectivity index (χ1v) is 5.17. The molecule has 0 aromatic carbocycles. The largest absolute Gasteiger partial charge is 0.480 e. The Morgan fingerprint density at radius 3 is 2.46 bits per heavy atom. The molecule has 1 heterocycles. The van der Waals surface area contributed by atoms with E-state index < -0.39 is 5.97 Å². The lowest BCUT2D eigenvalue weighted by Gasteiger charge is -2.21. The van der Waals surface area contributed by atoms with Gasteiger partial charge in [-0.2, -0.15) is 0 Å². The minimum Gasteiger partial charge on any atom is -0.480 e. The number of hydrogen-bond donors (Lipinski definition) is 2. The van der Waals surface area contributed by atoms with E-state index in [2.05, 4.69) is 19.2 Å². The second-order valence-electron chi connectivity index (χ2n) is 3.82.